The Kier molecular flexibility index (Phi) is 4.17. The number of phenols is 1. The second-order valence-electron chi connectivity index (χ2n) is 3.32. The Morgan fingerprint density at radius 3 is 2.47 bits per heavy atom. The zero-order valence-electron chi connectivity index (χ0n) is 9.69. The highest BCUT2D eigenvalue weighted by atomic mass is 16.5. The SMILES string of the molecule is COc1cc(C(N)=O)c(CCO)c(OC)c1O. The maximum absolute atomic E-state index is 11.3. The molecule has 1 aromatic carbocycles. The average molecular weight is 241 g/mol. The quantitative estimate of drug-likeness (QED) is 0.675. The summed E-state index contributed by atoms with van der Waals surface area (Å²) in [5.41, 5.74) is 5.75. The van der Waals surface area contributed by atoms with Crippen LogP contribution in [0.3, 0.4) is 0 Å². The highest BCUT2D eigenvalue weighted by molar-refractivity contribution is 5.96. The van der Waals surface area contributed by atoms with E-state index in [2.05, 4.69) is 0 Å². The first-order chi connectivity index (χ1) is 8.06. The number of rotatable bonds is 5. The number of hydrogen-bond acceptors (Lipinski definition) is 5. The Morgan fingerprint density at radius 2 is 2.06 bits per heavy atom. The molecule has 17 heavy (non-hydrogen) atoms. The van der Waals surface area contributed by atoms with Crippen LogP contribution in [0, 0.1) is 0 Å². The molecule has 1 aromatic rings. The van der Waals surface area contributed by atoms with Crippen molar-refractivity contribution in [3.63, 3.8) is 0 Å². The molecule has 0 aliphatic carbocycles. The van der Waals surface area contributed by atoms with Crippen molar-refractivity contribution < 1.29 is 24.5 Å². The van der Waals surface area contributed by atoms with Gasteiger partial charge in [0.05, 0.1) is 19.8 Å². The van der Waals surface area contributed by atoms with E-state index < -0.39 is 5.91 Å². The second-order valence-corrected chi connectivity index (χ2v) is 3.32. The molecule has 0 heterocycles. The van der Waals surface area contributed by atoms with Gasteiger partial charge < -0.3 is 25.4 Å². The molecule has 1 rings (SSSR count). The molecule has 0 fully saturated rings. The number of carbonyl (C=O) groups excluding carboxylic acids is 1. The lowest BCUT2D eigenvalue weighted by Crippen LogP contribution is -2.15. The molecule has 4 N–H and O–H groups in total. The number of aromatic hydroxyl groups is 1. The molecule has 94 valence electrons. The van der Waals surface area contributed by atoms with Crippen LogP contribution in [0.1, 0.15) is 15.9 Å². The van der Waals surface area contributed by atoms with E-state index in [1.54, 1.807) is 0 Å². The maximum atomic E-state index is 11.3. The smallest absolute Gasteiger partial charge is 0.249 e. The van der Waals surface area contributed by atoms with Gasteiger partial charge in [0.2, 0.25) is 11.7 Å². The number of benzene rings is 1. The average Bonchev–Trinajstić information content (AvgIpc) is 2.29. The second kappa shape index (κ2) is 5.40. The summed E-state index contributed by atoms with van der Waals surface area (Å²) in [6.45, 7) is -0.192. The largest absolute Gasteiger partial charge is 0.502 e. The number of phenolic OH excluding ortho intramolecular Hbond substituents is 1. The van der Waals surface area contributed by atoms with Gasteiger partial charge >= 0.3 is 0 Å². The van der Waals surface area contributed by atoms with Crippen LogP contribution >= 0.6 is 0 Å². The van der Waals surface area contributed by atoms with Crippen LogP contribution in [0.2, 0.25) is 0 Å². The molecule has 6 heteroatoms. The number of carbonyl (C=O) groups is 1. The molecule has 0 atom stereocenters. The van der Waals surface area contributed by atoms with Crippen molar-refractivity contribution in [2.75, 3.05) is 20.8 Å². The van der Waals surface area contributed by atoms with E-state index in [0.717, 1.165) is 0 Å². The minimum absolute atomic E-state index is 0.0900. The summed E-state index contributed by atoms with van der Waals surface area (Å²) in [5, 5.41) is 18.8. The van der Waals surface area contributed by atoms with E-state index in [4.69, 9.17) is 20.3 Å². The molecule has 0 saturated heterocycles. The van der Waals surface area contributed by atoms with Crippen LogP contribution in [0.4, 0.5) is 0 Å². The van der Waals surface area contributed by atoms with Gasteiger partial charge in [-0.25, -0.2) is 0 Å². The Morgan fingerprint density at radius 1 is 1.41 bits per heavy atom. The molecular formula is C11H15NO5. The van der Waals surface area contributed by atoms with E-state index in [1.807, 2.05) is 0 Å². The lowest BCUT2D eigenvalue weighted by molar-refractivity contribution is 0.0998. The third-order valence-corrected chi connectivity index (χ3v) is 2.37. The number of aliphatic hydroxyl groups is 1. The standard InChI is InChI=1S/C11H15NO5/c1-16-8-5-7(11(12)15)6(3-4-13)10(17-2)9(8)14/h5,13-14H,3-4H2,1-2H3,(H2,12,15). The summed E-state index contributed by atoms with van der Waals surface area (Å²) in [6.07, 6.45) is 0.152. The van der Waals surface area contributed by atoms with Gasteiger partial charge in [-0.05, 0) is 6.07 Å². The zero-order valence-corrected chi connectivity index (χ0v) is 9.69. The fraction of sp³-hybridized carbons (Fsp3) is 0.364. The van der Waals surface area contributed by atoms with Crippen LogP contribution in [-0.4, -0.2) is 36.9 Å². The number of ether oxygens (including phenoxy) is 2. The first-order valence-corrected chi connectivity index (χ1v) is 4.94. The molecule has 6 nitrogen and oxygen atoms in total. The molecular weight excluding hydrogens is 226 g/mol. The minimum Gasteiger partial charge on any atom is -0.502 e. The molecule has 0 aliphatic heterocycles. The van der Waals surface area contributed by atoms with Crippen molar-refractivity contribution >= 4 is 5.91 Å². The van der Waals surface area contributed by atoms with Crippen molar-refractivity contribution in [1.29, 1.82) is 0 Å². The Balaban J connectivity index is 3.51. The Bertz CT molecular complexity index is 430. The van der Waals surface area contributed by atoms with Crippen molar-refractivity contribution in [2.24, 2.45) is 5.73 Å². The fourth-order valence-corrected chi connectivity index (χ4v) is 1.62. The van der Waals surface area contributed by atoms with Crippen LogP contribution in [0.5, 0.6) is 17.2 Å². The van der Waals surface area contributed by atoms with Crippen molar-refractivity contribution in [1.82, 2.24) is 0 Å². The summed E-state index contributed by atoms with van der Waals surface area (Å²) in [6, 6.07) is 1.32. The number of primary amides is 1. The lowest BCUT2D eigenvalue weighted by atomic mass is 10.0. The van der Waals surface area contributed by atoms with Crippen molar-refractivity contribution in [3.8, 4) is 17.2 Å². The molecule has 0 aliphatic rings. The molecule has 0 unspecified atom stereocenters. The number of nitrogens with two attached hydrogens (primary N) is 1. The van der Waals surface area contributed by atoms with Gasteiger partial charge in [-0.3, -0.25) is 4.79 Å². The minimum atomic E-state index is -0.676. The first-order valence-electron chi connectivity index (χ1n) is 4.94. The number of hydrogen-bond donors (Lipinski definition) is 3. The van der Waals surface area contributed by atoms with Crippen LogP contribution in [0.15, 0.2) is 6.07 Å². The topological polar surface area (TPSA) is 102 Å². The van der Waals surface area contributed by atoms with Crippen LogP contribution in [-0.2, 0) is 6.42 Å². The first kappa shape index (κ1) is 13.1. The third-order valence-electron chi connectivity index (χ3n) is 2.37. The van der Waals surface area contributed by atoms with E-state index in [1.165, 1.54) is 20.3 Å². The maximum Gasteiger partial charge on any atom is 0.249 e. The molecule has 0 saturated carbocycles. The van der Waals surface area contributed by atoms with Gasteiger partial charge in [-0.2, -0.15) is 0 Å². The van der Waals surface area contributed by atoms with Crippen molar-refractivity contribution in [2.45, 2.75) is 6.42 Å². The van der Waals surface area contributed by atoms with E-state index in [9.17, 15) is 9.90 Å². The Labute approximate surface area is 98.6 Å². The normalized spacial score (nSPS) is 10.1. The summed E-state index contributed by atoms with van der Waals surface area (Å²) in [7, 11) is 2.70. The van der Waals surface area contributed by atoms with Gasteiger partial charge in [0.15, 0.2) is 11.5 Å². The van der Waals surface area contributed by atoms with Crippen LogP contribution < -0.4 is 15.2 Å². The highest BCUT2D eigenvalue weighted by Gasteiger charge is 2.21. The molecule has 0 spiro atoms. The van der Waals surface area contributed by atoms with Crippen LogP contribution in [0.25, 0.3) is 0 Å². The van der Waals surface area contributed by atoms with E-state index in [0.29, 0.717) is 5.56 Å². The summed E-state index contributed by atoms with van der Waals surface area (Å²) < 4.78 is 9.92. The number of aliphatic hydroxyl groups excluding tert-OH is 1. The van der Waals surface area contributed by atoms with Crippen molar-refractivity contribution in [3.05, 3.63) is 17.2 Å². The Hall–Kier alpha value is -1.95. The van der Waals surface area contributed by atoms with Gasteiger partial charge in [-0.1, -0.05) is 0 Å². The predicted molar refractivity (Wildman–Crippen MR) is 60.5 cm³/mol. The molecule has 0 aromatic heterocycles. The van der Waals surface area contributed by atoms with Gasteiger partial charge in [0.1, 0.15) is 0 Å². The van der Waals surface area contributed by atoms with Gasteiger partial charge in [0, 0.05) is 18.6 Å². The molecule has 1 amide bonds. The summed E-state index contributed by atoms with van der Waals surface area (Å²) >= 11 is 0. The van der Waals surface area contributed by atoms with E-state index >= 15 is 0 Å². The number of amides is 1. The molecule has 0 radical (unpaired) electrons. The number of methoxy groups -OCH3 is 2. The van der Waals surface area contributed by atoms with Gasteiger partial charge in [-0.15, -0.1) is 0 Å². The monoisotopic (exact) mass is 241 g/mol. The predicted octanol–water partition coefficient (Wildman–Crippen LogP) is 0.0431. The lowest BCUT2D eigenvalue weighted by Gasteiger charge is -2.15. The van der Waals surface area contributed by atoms with Gasteiger partial charge in [0.25, 0.3) is 0 Å². The summed E-state index contributed by atoms with van der Waals surface area (Å²) in [4.78, 5) is 11.3. The highest BCUT2D eigenvalue weighted by Crippen LogP contribution is 2.41. The third kappa shape index (κ3) is 2.42. The zero-order chi connectivity index (χ0) is 13.0. The van der Waals surface area contributed by atoms with E-state index in [-0.39, 0.29) is 35.8 Å². The fourth-order valence-electron chi connectivity index (χ4n) is 1.62. The summed E-state index contributed by atoms with van der Waals surface area (Å²) in [5.74, 6) is -0.710. The molecule has 0 bridgehead atoms.